The third-order valence-electron chi connectivity index (χ3n) is 4.06. The first kappa shape index (κ1) is 19.6. The van der Waals surface area contributed by atoms with E-state index in [1.54, 1.807) is 35.2 Å². The summed E-state index contributed by atoms with van der Waals surface area (Å²) < 4.78 is 1.75. The monoisotopic (exact) mass is 395 g/mol. The number of thioether (sulfide) groups is 1. The Balaban J connectivity index is 1.57. The highest BCUT2D eigenvalue weighted by Crippen LogP contribution is 2.17. The van der Waals surface area contributed by atoms with Gasteiger partial charge in [-0.05, 0) is 30.7 Å². The van der Waals surface area contributed by atoms with Gasteiger partial charge in [0, 0.05) is 18.3 Å². The number of nitrogens with zero attached hydrogens (tertiary/aromatic N) is 3. The Labute approximate surface area is 167 Å². The number of amides is 2. The number of carbonyl (C=O) groups excluding carboxylic acids is 2. The maximum atomic E-state index is 12.5. The second kappa shape index (κ2) is 9.18. The maximum absolute atomic E-state index is 12.5. The van der Waals surface area contributed by atoms with Gasteiger partial charge in [-0.3, -0.25) is 9.59 Å². The van der Waals surface area contributed by atoms with Crippen LogP contribution in [0, 0.1) is 0 Å². The van der Waals surface area contributed by atoms with Crippen LogP contribution in [0.3, 0.4) is 0 Å². The SMILES string of the molecule is CC(NC(=O)c1cccc(NC(=O)CSc2nncn2C)c1)c1ccccc1. The highest BCUT2D eigenvalue weighted by Gasteiger charge is 2.13. The minimum Gasteiger partial charge on any atom is -0.346 e. The minimum absolute atomic E-state index is 0.116. The number of rotatable bonds is 7. The Kier molecular flexibility index (Phi) is 6.44. The van der Waals surface area contributed by atoms with Crippen LogP contribution < -0.4 is 10.6 Å². The van der Waals surface area contributed by atoms with Crippen LogP contribution in [0.1, 0.15) is 28.9 Å². The molecule has 1 unspecified atom stereocenters. The third kappa shape index (κ3) is 5.20. The summed E-state index contributed by atoms with van der Waals surface area (Å²) in [5.74, 6) is -0.169. The summed E-state index contributed by atoms with van der Waals surface area (Å²) in [7, 11) is 1.82. The van der Waals surface area contributed by atoms with E-state index in [9.17, 15) is 9.59 Å². The zero-order chi connectivity index (χ0) is 19.9. The molecule has 2 aromatic carbocycles. The van der Waals surface area contributed by atoms with Crippen molar-refractivity contribution >= 4 is 29.3 Å². The molecule has 1 heterocycles. The lowest BCUT2D eigenvalue weighted by Gasteiger charge is -2.15. The summed E-state index contributed by atoms with van der Waals surface area (Å²) in [6.45, 7) is 1.93. The second-order valence-corrected chi connectivity index (χ2v) is 7.19. The van der Waals surface area contributed by atoms with Gasteiger partial charge in [0.15, 0.2) is 5.16 Å². The lowest BCUT2D eigenvalue weighted by molar-refractivity contribution is -0.113. The van der Waals surface area contributed by atoms with Gasteiger partial charge in [-0.25, -0.2) is 0 Å². The Morgan fingerprint density at radius 2 is 1.93 bits per heavy atom. The molecule has 2 amide bonds. The predicted molar refractivity (Wildman–Crippen MR) is 109 cm³/mol. The average molecular weight is 395 g/mol. The molecule has 8 heteroatoms. The molecule has 0 fully saturated rings. The highest BCUT2D eigenvalue weighted by atomic mass is 32.2. The minimum atomic E-state index is -0.194. The summed E-state index contributed by atoms with van der Waals surface area (Å²) in [4.78, 5) is 24.7. The van der Waals surface area contributed by atoms with Crippen LogP contribution in [0.4, 0.5) is 5.69 Å². The number of hydrogen-bond donors (Lipinski definition) is 2. The Morgan fingerprint density at radius 3 is 2.64 bits per heavy atom. The lowest BCUT2D eigenvalue weighted by Crippen LogP contribution is -2.26. The Morgan fingerprint density at radius 1 is 1.14 bits per heavy atom. The molecule has 0 bridgehead atoms. The van der Waals surface area contributed by atoms with Crippen LogP contribution in [0.15, 0.2) is 66.1 Å². The van der Waals surface area contributed by atoms with Crippen molar-refractivity contribution in [2.45, 2.75) is 18.1 Å². The summed E-state index contributed by atoms with van der Waals surface area (Å²) in [5.41, 5.74) is 2.09. The van der Waals surface area contributed by atoms with E-state index in [0.29, 0.717) is 16.4 Å². The summed E-state index contributed by atoms with van der Waals surface area (Å²) in [6, 6.07) is 16.5. The predicted octanol–water partition coefficient (Wildman–Crippen LogP) is 3.04. The molecule has 0 aliphatic carbocycles. The smallest absolute Gasteiger partial charge is 0.251 e. The van der Waals surface area contributed by atoms with Gasteiger partial charge in [-0.1, -0.05) is 48.2 Å². The molecule has 28 heavy (non-hydrogen) atoms. The van der Waals surface area contributed by atoms with Gasteiger partial charge in [-0.15, -0.1) is 10.2 Å². The molecule has 144 valence electrons. The van der Waals surface area contributed by atoms with Crippen molar-refractivity contribution in [2.24, 2.45) is 7.05 Å². The Bertz CT molecular complexity index is 958. The van der Waals surface area contributed by atoms with Crippen LogP contribution in [0.5, 0.6) is 0 Å². The van der Waals surface area contributed by atoms with Crippen molar-refractivity contribution in [3.63, 3.8) is 0 Å². The van der Waals surface area contributed by atoms with Gasteiger partial charge in [0.2, 0.25) is 5.91 Å². The van der Waals surface area contributed by atoms with Crippen molar-refractivity contribution in [3.05, 3.63) is 72.1 Å². The van der Waals surface area contributed by atoms with E-state index < -0.39 is 0 Å². The molecule has 0 saturated carbocycles. The van der Waals surface area contributed by atoms with Crippen molar-refractivity contribution in [3.8, 4) is 0 Å². The molecule has 0 saturated heterocycles. The molecule has 2 N–H and O–H groups in total. The van der Waals surface area contributed by atoms with Crippen molar-refractivity contribution in [2.75, 3.05) is 11.1 Å². The third-order valence-corrected chi connectivity index (χ3v) is 5.09. The zero-order valence-electron chi connectivity index (χ0n) is 15.6. The van der Waals surface area contributed by atoms with Crippen molar-refractivity contribution < 1.29 is 9.59 Å². The lowest BCUT2D eigenvalue weighted by atomic mass is 10.1. The van der Waals surface area contributed by atoms with Crippen LogP contribution in [-0.4, -0.2) is 32.3 Å². The van der Waals surface area contributed by atoms with Crippen LogP contribution >= 0.6 is 11.8 Å². The normalized spacial score (nSPS) is 11.6. The van der Waals surface area contributed by atoms with Gasteiger partial charge < -0.3 is 15.2 Å². The molecule has 3 rings (SSSR count). The molecular formula is C20H21N5O2S. The van der Waals surface area contributed by atoms with Crippen LogP contribution in [0.25, 0.3) is 0 Å². The van der Waals surface area contributed by atoms with Gasteiger partial charge in [0.05, 0.1) is 11.8 Å². The summed E-state index contributed by atoms with van der Waals surface area (Å²) in [5, 5.41) is 14.1. The van der Waals surface area contributed by atoms with Gasteiger partial charge in [-0.2, -0.15) is 0 Å². The molecule has 1 aromatic heterocycles. The summed E-state index contributed by atoms with van der Waals surface area (Å²) in [6.07, 6.45) is 1.58. The van der Waals surface area contributed by atoms with Crippen LogP contribution in [-0.2, 0) is 11.8 Å². The highest BCUT2D eigenvalue weighted by molar-refractivity contribution is 7.99. The number of benzene rings is 2. The number of anilines is 1. The quantitative estimate of drug-likeness (QED) is 0.600. The topological polar surface area (TPSA) is 88.9 Å². The van der Waals surface area contributed by atoms with E-state index in [1.165, 1.54) is 11.8 Å². The van der Waals surface area contributed by atoms with Crippen molar-refractivity contribution in [1.82, 2.24) is 20.1 Å². The fourth-order valence-electron chi connectivity index (χ4n) is 2.57. The zero-order valence-corrected chi connectivity index (χ0v) is 16.4. The number of aryl methyl sites for hydroxylation is 1. The average Bonchev–Trinajstić information content (AvgIpc) is 3.12. The van der Waals surface area contributed by atoms with E-state index in [1.807, 2.05) is 44.3 Å². The second-order valence-electron chi connectivity index (χ2n) is 6.25. The van der Waals surface area contributed by atoms with Gasteiger partial charge >= 0.3 is 0 Å². The van der Waals surface area contributed by atoms with Gasteiger partial charge in [0.1, 0.15) is 6.33 Å². The first-order chi connectivity index (χ1) is 13.5. The first-order valence-corrected chi connectivity index (χ1v) is 9.74. The standard InChI is InChI=1S/C20H21N5O2S/c1-14(15-7-4-3-5-8-15)22-19(27)16-9-6-10-17(11-16)23-18(26)12-28-20-24-21-13-25(20)2/h3-11,13-14H,12H2,1-2H3,(H,22,27)(H,23,26). The summed E-state index contributed by atoms with van der Waals surface area (Å²) >= 11 is 1.30. The number of carbonyl (C=O) groups is 2. The van der Waals surface area contributed by atoms with Gasteiger partial charge in [0.25, 0.3) is 5.91 Å². The van der Waals surface area contributed by atoms with E-state index in [-0.39, 0.29) is 23.6 Å². The molecule has 0 aliphatic heterocycles. The number of nitrogens with one attached hydrogen (secondary N) is 2. The number of hydrogen-bond acceptors (Lipinski definition) is 5. The largest absolute Gasteiger partial charge is 0.346 e. The van der Waals surface area contributed by atoms with E-state index in [0.717, 1.165) is 5.56 Å². The van der Waals surface area contributed by atoms with E-state index in [4.69, 9.17) is 0 Å². The first-order valence-electron chi connectivity index (χ1n) is 8.75. The van der Waals surface area contributed by atoms with Crippen molar-refractivity contribution in [1.29, 1.82) is 0 Å². The fourth-order valence-corrected chi connectivity index (χ4v) is 3.26. The molecule has 7 nitrogen and oxygen atoms in total. The molecule has 1 atom stereocenters. The molecular weight excluding hydrogens is 374 g/mol. The molecule has 0 spiro atoms. The number of aromatic nitrogens is 3. The van der Waals surface area contributed by atoms with E-state index >= 15 is 0 Å². The molecule has 0 radical (unpaired) electrons. The molecule has 3 aromatic rings. The van der Waals surface area contributed by atoms with E-state index in [2.05, 4.69) is 20.8 Å². The maximum Gasteiger partial charge on any atom is 0.251 e. The molecule has 0 aliphatic rings. The fraction of sp³-hybridized carbons (Fsp3) is 0.200. The van der Waals surface area contributed by atoms with Crippen LogP contribution in [0.2, 0.25) is 0 Å². The Hall–Kier alpha value is -3.13.